The number of aryl methyl sites for hydroxylation is 3. The third kappa shape index (κ3) is 16.8. The Kier molecular flexibility index (Phi) is 26.6. The zero-order chi connectivity index (χ0) is 100. The molecule has 0 saturated heterocycles. The number of ether oxygens (including phenoxy) is 1. The quantitative estimate of drug-likeness (QED) is 0.0206. The number of benzene rings is 6. The smallest absolute Gasteiger partial charge is 0.375 e. The molecular formula is C120H139N9O14. The van der Waals surface area contributed by atoms with E-state index in [0.29, 0.717) is 113 Å². The zero-order valence-electron chi connectivity index (χ0n) is 84.1. The summed E-state index contributed by atoms with van der Waals surface area (Å²) in [6, 6.07) is 56.8. The Bertz CT molecular complexity index is 6610. The third-order valence-corrected chi connectivity index (χ3v) is 37.7. The molecule has 12 aliphatic rings. The number of likely N-dealkylation sites (N-methyl/N-ethyl adjacent to an activating group) is 2. The minimum atomic E-state index is -1.45. The van der Waals surface area contributed by atoms with E-state index in [4.69, 9.17) is 24.5 Å². The van der Waals surface area contributed by atoms with E-state index in [-0.39, 0.29) is 110 Å². The molecule has 21 atom stereocenters. The molecule has 9 saturated carbocycles. The van der Waals surface area contributed by atoms with Gasteiger partial charge in [-0.3, -0.25) is 28.8 Å². The van der Waals surface area contributed by atoms with Crippen LogP contribution in [0.3, 0.4) is 0 Å². The summed E-state index contributed by atoms with van der Waals surface area (Å²) in [4.78, 5) is 93.2. The van der Waals surface area contributed by atoms with Crippen LogP contribution < -0.4 is 16.0 Å². The number of fused-ring (bicyclic) bond motifs is 18. The van der Waals surface area contributed by atoms with Crippen molar-refractivity contribution in [2.45, 2.75) is 258 Å². The molecule has 23 heteroatoms. The average molecular weight is 1930 g/mol. The molecule has 22 rings (SSSR count). The Labute approximate surface area is 838 Å². The molecule has 23 nitrogen and oxygen atoms in total. The van der Waals surface area contributed by atoms with Crippen molar-refractivity contribution in [1.82, 2.24) is 45.3 Å². The molecule has 0 radical (unpaired) electrons. The van der Waals surface area contributed by atoms with Crippen molar-refractivity contribution < 1.29 is 68.2 Å². The Morgan fingerprint density at radius 2 is 0.762 bits per heavy atom. The first-order chi connectivity index (χ1) is 68.7. The molecule has 0 spiro atoms. The Morgan fingerprint density at radius 3 is 1.12 bits per heavy atom. The molecule has 6 aromatic carbocycles. The van der Waals surface area contributed by atoms with Gasteiger partial charge in [-0.2, -0.15) is 15.3 Å². The lowest BCUT2D eigenvalue weighted by molar-refractivity contribution is -0.182. The normalized spacial score (nSPS) is 32.1. The van der Waals surface area contributed by atoms with Gasteiger partial charge in [0.1, 0.15) is 11.2 Å². The van der Waals surface area contributed by atoms with Gasteiger partial charge in [0.15, 0.2) is 23.0 Å². The summed E-state index contributed by atoms with van der Waals surface area (Å²) in [5.41, 5.74) is 11.5. The van der Waals surface area contributed by atoms with Gasteiger partial charge in [-0.25, -0.2) is 18.8 Å². The Balaban J connectivity index is 0.000000132. The predicted octanol–water partition coefficient (Wildman–Crippen LogP) is 19.0. The zero-order valence-corrected chi connectivity index (χ0v) is 84.1. The molecule has 10 aromatic rings. The fourth-order valence-corrected chi connectivity index (χ4v) is 30.7. The predicted molar refractivity (Wildman–Crippen MR) is 548 cm³/mol. The summed E-state index contributed by atoms with van der Waals surface area (Å²) in [5, 5.41) is 82.9. The lowest BCUT2D eigenvalue weighted by atomic mass is 9.45. The molecular weight excluding hydrogens is 1790 g/mol. The Morgan fingerprint density at radius 1 is 0.413 bits per heavy atom. The second-order valence-electron chi connectivity index (χ2n) is 45.1. The fraction of sp³-hybridized carbons (Fsp3) is 0.483. The topological polar surface area (TPSA) is 333 Å². The van der Waals surface area contributed by atoms with E-state index in [2.05, 4.69) is 79.2 Å². The number of furan rings is 1. The van der Waals surface area contributed by atoms with E-state index >= 15 is 0 Å². The number of rotatable bonds is 24. The van der Waals surface area contributed by atoms with Gasteiger partial charge in [0, 0.05) is 71.8 Å². The van der Waals surface area contributed by atoms with Crippen LogP contribution in [0.1, 0.15) is 276 Å². The molecule has 9 fully saturated rings. The molecule has 12 aliphatic carbocycles. The lowest BCUT2D eigenvalue weighted by Gasteiger charge is -2.60. The van der Waals surface area contributed by atoms with Gasteiger partial charge in [0.25, 0.3) is 17.7 Å². The van der Waals surface area contributed by atoms with Crippen LogP contribution in [0.4, 0.5) is 0 Å². The Hall–Kier alpha value is -11.9. The number of aromatic nitrogens is 6. The number of aliphatic hydroxyl groups excluding tert-OH is 3. The number of esters is 1. The third-order valence-electron chi connectivity index (χ3n) is 37.7. The van der Waals surface area contributed by atoms with Gasteiger partial charge < -0.3 is 50.6 Å². The van der Waals surface area contributed by atoms with Crippen molar-refractivity contribution in [2.24, 2.45) is 85.8 Å². The summed E-state index contributed by atoms with van der Waals surface area (Å²) < 4.78 is 17.5. The molecule has 4 aromatic heterocycles. The number of Topliss-reactive ketones (excluding diaryl/α,β-unsaturated/α-hetero) is 3. The second-order valence-corrected chi connectivity index (χ2v) is 45.1. The van der Waals surface area contributed by atoms with Crippen LogP contribution in [0.2, 0.25) is 0 Å². The highest BCUT2D eigenvalue weighted by molar-refractivity contribution is 5.99. The summed E-state index contributed by atoms with van der Waals surface area (Å²) in [6.45, 7) is 20.2. The van der Waals surface area contributed by atoms with Crippen molar-refractivity contribution in [3.05, 3.63) is 290 Å². The highest BCUT2D eigenvalue weighted by Crippen LogP contribution is 2.72. The summed E-state index contributed by atoms with van der Waals surface area (Å²) in [5.74, 6) is 0.0148. The van der Waals surface area contributed by atoms with E-state index < -0.39 is 57.3 Å². The minimum Gasteiger partial charge on any atom is -0.457 e. The van der Waals surface area contributed by atoms with Gasteiger partial charge in [-0.1, -0.05) is 193 Å². The van der Waals surface area contributed by atoms with E-state index in [0.717, 1.165) is 151 Å². The largest absolute Gasteiger partial charge is 0.457 e. The van der Waals surface area contributed by atoms with Crippen LogP contribution in [0.15, 0.2) is 222 Å². The van der Waals surface area contributed by atoms with Crippen LogP contribution in [-0.4, -0.2) is 151 Å². The van der Waals surface area contributed by atoms with Crippen molar-refractivity contribution >= 4 is 59.3 Å². The molecule has 0 bridgehead atoms. The van der Waals surface area contributed by atoms with Crippen LogP contribution in [-0.2, 0) is 57.6 Å². The van der Waals surface area contributed by atoms with E-state index in [1.807, 2.05) is 214 Å². The first-order valence-corrected chi connectivity index (χ1v) is 52.7. The number of hydrogen-bond acceptors (Lipinski definition) is 17. The van der Waals surface area contributed by atoms with E-state index in [1.165, 1.54) is 23.0 Å². The first kappa shape index (κ1) is 98.5. The highest BCUT2D eigenvalue weighted by Gasteiger charge is 2.74. The molecule has 748 valence electrons. The lowest BCUT2D eigenvalue weighted by Crippen LogP contribution is -2.64. The van der Waals surface area contributed by atoms with Gasteiger partial charge >= 0.3 is 5.97 Å². The van der Waals surface area contributed by atoms with Crippen LogP contribution >= 0.6 is 0 Å². The number of nitrogens with zero attached hydrogens (tertiary/aromatic N) is 6. The van der Waals surface area contributed by atoms with E-state index in [1.54, 1.807) is 12.1 Å². The van der Waals surface area contributed by atoms with Gasteiger partial charge in [0.05, 0.1) is 77.3 Å². The number of carbonyl (C=O) groups excluding carboxylic acids is 7. The minimum absolute atomic E-state index is 0.0292. The number of nitrogens with one attached hydrogen (secondary N) is 3. The van der Waals surface area contributed by atoms with E-state index in [9.17, 15) is 59.1 Å². The van der Waals surface area contributed by atoms with Crippen molar-refractivity contribution in [2.75, 3.05) is 19.6 Å². The SMILES string of the molecule is CCCNC(=O)[C@@]1(O)CCC2C3CCC4=Cc5c(cnn5-c5cccc(C(=O)CCc6ccccc6)c5)C[C@]4(C)C3C(O)C[C@@]21C.CCNC(=O)[C@@]1(O)CCC2C3CCC4=Cc5c(cnn5-c5cccc(C(=O)CCc6ccccc6)c5)C[C@]4(C)C3C(O)C[C@@]21C.CCNC(=O)[C@@]1(OC(=O)c2ccco2)CCC2C3CCC4=Cc5c(cnn5-c5cccc(C(=O)CCc6ccccc6)c5)C[C@]4(C)C3C(O)C[C@@]21C. The number of allylic oxidation sites excluding steroid dienone is 3. The molecule has 4 heterocycles. The van der Waals surface area contributed by atoms with Crippen molar-refractivity contribution in [3.63, 3.8) is 0 Å². The first-order valence-electron chi connectivity index (χ1n) is 52.7. The maximum absolute atomic E-state index is 14.0. The monoisotopic (exact) mass is 1930 g/mol. The van der Waals surface area contributed by atoms with Crippen LogP contribution in [0, 0.1) is 85.8 Å². The summed E-state index contributed by atoms with van der Waals surface area (Å²) in [6.07, 6.45) is 29.0. The number of carbonyl (C=O) groups is 7. The molecule has 8 N–H and O–H groups in total. The highest BCUT2D eigenvalue weighted by atomic mass is 16.6. The number of amides is 3. The maximum Gasteiger partial charge on any atom is 0.375 e. The summed E-state index contributed by atoms with van der Waals surface area (Å²) >= 11 is 0. The van der Waals surface area contributed by atoms with Crippen LogP contribution in [0.25, 0.3) is 35.3 Å². The fourth-order valence-electron chi connectivity index (χ4n) is 30.7. The van der Waals surface area contributed by atoms with Gasteiger partial charge in [-0.15, -0.1) is 0 Å². The maximum atomic E-state index is 14.0. The molecule has 143 heavy (non-hydrogen) atoms. The van der Waals surface area contributed by atoms with Gasteiger partial charge in [0.2, 0.25) is 5.76 Å². The molecule has 3 amide bonds. The van der Waals surface area contributed by atoms with Gasteiger partial charge in [-0.05, 0) is 325 Å². The van der Waals surface area contributed by atoms with Crippen molar-refractivity contribution in [3.8, 4) is 17.1 Å². The van der Waals surface area contributed by atoms with Crippen molar-refractivity contribution in [1.29, 1.82) is 0 Å². The standard InChI is InChI=1S/C43H47N3O6.C39H47N3O4.C38H45N3O4/c1-4-44-40(50)43(52-39(49)37-14-9-21-51-37)20-19-33-32-17-16-30-23-34-29(24-41(30,2)38(32)36(48)25-42(33,43)3)26-45-46(34)31-13-8-12-28(22-31)35(47)18-15-27-10-6-5-7-11-27;1-4-19-40-36(45)39(46)18-17-31-30-15-14-28-21-32-27(22-37(28,2)35(30)34(44)23-38(31,39)3)24-41-42(32)29-12-8-11-26(20-29)33(43)16-13-25-9-6-5-7-10-25;1-4-39-35(44)38(45)18-17-30-29-15-14-27-20-31-26(21-36(27,2)34(29)33(43)22-37(30,38)3)23-40-41(31)28-12-8-11-25(19-28)32(42)16-13-24-9-6-5-7-10-24/h5-14,21-23,26,32-33,36,38,48H,4,15-20,24-25H2,1-3H3,(H,44,50);5-12,20-21,24,30-31,34-35,44,46H,4,13-19,22-23H2,1-3H3,(H,40,45);5-12,19-20,23,29-30,33-34,43,45H,4,13-18,21-22H2,1-3H3,(H,39,44)/t32?,33?,36?,38?,41-,42-,43-;30?,31?,34?,35?,37-,38-,39-;29?,30?,33?,34?,36-,37-,38-/m000/s1. The number of aliphatic hydroxyl groups is 5. The number of ketones is 3. The van der Waals surface area contributed by atoms with Crippen LogP contribution in [0.5, 0.6) is 0 Å². The average Bonchev–Trinajstić information content (AvgIpc) is 1.60. The number of hydrogen-bond donors (Lipinski definition) is 8. The summed E-state index contributed by atoms with van der Waals surface area (Å²) in [7, 11) is 0. The molecule has 0 aliphatic heterocycles. The molecule has 12 unspecified atom stereocenters. The second kappa shape index (κ2) is 38.6.